The Kier molecular flexibility index (Phi) is 6.47. The van der Waals surface area contributed by atoms with Crippen molar-refractivity contribution in [3.05, 3.63) is 84.4 Å². The largest absolute Gasteiger partial charge is 0.497 e. The van der Waals surface area contributed by atoms with Gasteiger partial charge in [-0.15, -0.1) is 0 Å². The van der Waals surface area contributed by atoms with Gasteiger partial charge in [-0.2, -0.15) is 0 Å². The third-order valence-corrected chi connectivity index (χ3v) is 4.35. The highest BCUT2D eigenvalue weighted by atomic mass is 16.5. The highest BCUT2D eigenvalue weighted by Crippen LogP contribution is 2.29. The number of nitrogens with zero attached hydrogens (tertiary/aromatic N) is 1. The SMILES string of the molecule is COc1ccc(NC(=O)C(=O)N(Cc2ccccc2)c2ccccc2)c(OC)c1. The highest BCUT2D eigenvalue weighted by molar-refractivity contribution is 6.44. The van der Waals surface area contributed by atoms with E-state index in [0.29, 0.717) is 22.9 Å². The molecular weight excluding hydrogens is 368 g/mol. The molecule has 0 fully saturated rings. The van der Waals surface area contributed by atoms with Gasteiger partial charge in [0.2, 0.25) is 0 Å². The summed E-state index contributed by atoms with van der Waals surface area (Å²) in [7, 11) is 3.02. The summed E-state index contributed by atoms with van der Waals surface area (Å²) in [6, 6.07) is 23.6. The van der Waals surface area contributed by atoms with Crippen molar-refractivity contribution < 1.29 is 19.1 Å². The maximum atomic E-state index is 13.0. The van der Waals surface area contributed by atoms with Gasteiger partial charge < -0.3 is 14.8 Å². The maximum Gasteiger partial charge on any atom is 0.316 e. The monoisotopic (exact) mass is 390 g/mol. The summed E-state index contributed by atoms with van der Waals surface area (Å²) in [6.07, 6.45) is 0. The summed E-state index contributed by atoms with van der Waals surface area (Å²) in [6.45, 7) is 0.275. The van der Waals surface area contributed by atoms with Crippen molar-refractivity contribution in [2.45, 2.75) is 6.54 Å². The van der Waals surface area contributed by atoms with Crippen LogP contribution in [0.5, 0.6) is 11.5 Å². The second kappa shape index (κ2) is 9.41. The number of methoxy groups -OCH3 is 2. The molecule has 3 aromatic rings. The first-order valence-corrected chi connectivity index (χ1v) is 9.06. The highest BCUT2D eigenvalue weighted by Gasteiger charge is 2.24. The molecule has 6 nitrogen and oxygen atoms in total. The normalized spacial score (nSPS) is 10.1. The fourth-order valence-corrected chi connectivity index (χ4v) is 2.85. The first-order valence-electron chi connectivity index (χ1n) is 9.06. The van der Waals surface area contributed by atoms with Gasteiger partial charge >= 0.3 is 11.8 Å². The van der Waals surface area contributed by atoms with E-state index in [2.05, 4.69) is 5.32 Å². The lowest BCUT2D eigenvalue weighted by atomic mass is 10.2. The summed E-state index contributed by atoms with van der Waals surface area (Å²) in [4.78, 5) is 27.2. The van der Waals surface area contributed by atoms with Crippen molar-refractivity contribution in [3.63, 3.8) is 0 Å². The van der Waals surface area contributed by atoms with Crippen LogP contribution in [0.2, 0.25) is 0 Å². The third-order valence-electron chi connectivity index (χ3n) is 4.35. The van der Waals surface area contributed by atoms with Gasteiger partial charge in [0.05, 0.1) is 26.5 Å². The number of hydrogen-bond donors (Lipinski definition) is 1. The van der Waals surface area contributed by atoms with E-state index < -0.39 is 11.8 Å². The molecule has 0 atom stereocenters. The molecule has 3 aromatic carbocycles. The molecule has 6 heteroatoms. The fraction of sp³-hybridized carbons (Fsp3) is 0.130. The number of para-hydroxylation sites is 1. The van der Waals surface area contributed by atoms with Crippen LogP contribution in [0.1, 0.15) is 5.56 Å². The molecule has 0 aliphatic heterocycles. The van der Waals surface area contributed by atoms with E-state index in [4.69, 9.17) is 9.47 Å². The van der Waals surface area contributed by atoms with E-state index in [1.165, 1.54) is 19.1 Å². The zero-order valence-electron chi connectivity index (χ0n) is 16.3. The quantitative estimate of drug-likeness (QED) is 0.649. The molecule has 0 aliphatic carbocycles. The van der Waals surface area contributed by atoms with Crippen LogP contribution >= 0.6 is 0 Å². The second-order valence-electron chi connectivity index (χ2n) is 6.23. The van der Waals surface area contributed by atoms with E-state index >= 15 is 0 Å². The van der Waals surface area contributed by atoms with Crippen LogP contribution in [0.25, 0.3) is 0 Å². The van der Waals surface area contributed by atoms with Gasteiger partial charge in [0, 0.05) is 11.8 Å². The molecule has 0 saturated heterocycles. The van der Waals surface area contributed by atoms with Crippen molar-refractivity contribution in [1.82, 2.24) is 0 Å². The summed E-state index contributed by atoms with van der Waals surface area (Å²) in [5, 5.41) is 2.64. The number of amides is 2. The number of anilines is 2. The molecule has 0 heterocycles. The third kappa shape index (κ3) is 4.93. The van der Waals surface area contributed by atoms with E-state index in [-0.39, 0.29) is 6.54 Å². The van der Waals surface area contributed by atoms with Crippen LogP contribution in [-0.2, 0) is 16.1 Å². The van der Waals surface area contributed by atoms with Crippen molar-refractivity contribution in [2.24, 2.45) is 0 Å². The number of nitrogens with one attached hydrogen (secondary N) is 1. The smallest absolute Gasteiger partial charge is 0.316 e. The lowest BCUT2D eigenvalue weighted by Gasteiger charge is -2.22. The molecule has 0 saturated carbocycles. The maximum absolute atomic E-state index is 13.0. The predicted octanol–water partition coefficient (Wildman–Crippen LogP) is 3.88. The minimum atomic E-state index is -0.756. The van der Waals surface area contributed by atoms with Crippen LogP contribution in [-0.4, -0.2) is 26.0 Å². The Bertz CT molecular complexity index is 975. The van der Waals surface area contributed by atoms with Gasteiger partial charge in [0.1, 0.15) is 11.5 Å². The number of rotatable bonds is 6. The van der Waals surface area contributed by atoms with Crippen molar-refractivity contribution in [2.75, 3.05) is 24.4 Å². The average molecular weight is 390 g/mol. The first-order chi connectivity index (χ1) is 14.1. The molecule has 0 spiro atoms. The Morgan fingerprint density at radius 2 is 1.52 bits per heavy atom. The predicted molar refractivity (Wildman–Crippen MR) is 112 cm³/mol. The van der Waals surface area contributed by atoms with Crippen LogP contribution in [0, 0.1) is 0 Å². The number of carbonyl (C=O) groups excluding carboxylic acids is 2. The number of ether oxygens (including phenoxy) is 2. The molecule has 0 radical (unpaired) electrons. The van der Waals surface area contributed by atoms with Crippen molar-refractivity contribution in [3.8, 4) is 11.5 Å². The number of carbonyl (C=O) groups is 2. The lowest BCUT2D eigenvalue weighted by molar-refractivity contribution is -0.134. The molecule has 2 amide bonds. The Labute approximate surface area is 169 Å². The van der Waals surface area contributed by atoms with Gasteiger partial charge in [-0.05, 0) is 29.8 Å². The van der Waals surface area contributed by atoms with Gasteiger partial charge in [-0.25, -0.2) is 0 Å². The molecule has 1 N–H and O–H groups in total. The fourth-order valence-electron chi connectivity index (χ4n) is 2.85. The van der Waals surface area contributed by atoms with E-state index in [1.54, 1.807) is 30.3 Å². The van der Waals surface area contributed by atoms with E-state index in [0.717, 1.165) is 5.56 Å². The van der Waals surface area contributed by atoms with E-state index in [1.807, 2.05) is 48.5 Å². The second-order valence-corrected chi connectivity index (χ2v) is 6.23. The minimum Gasteiger partial charge on any atom is -0.497 e. The lowest BCUT2D eigenvalue weighted by Crippen LogP contribution is -2.39. The van der Waals surface area contributed by atoms with Gasteiger partial charge in [-0.1, -0.05) is 48.5 Å². The standard InChI is InChI=1S/C23H22N2O4/c1-28-19-13-14-20(21(15-19)29-2)24-22(26)23(27)25(18-11-7-4-8-12-18)16-17-9-5-3-6-10-17/h3-15H,16H2,1-2H3,(H,24,26). The molecule has 3 rings (SSSR count). The molecule has 0 unspecified atom stereocenters. The Hall–Kier alpha value is -3.80. The van der Waals surface area contributed by atoms with Gasteiger partial charge in [0.15, 0.2) is 0 Å². The molecular formula is C23H22N2O4. The molecule has 0 bridgehead atoms. The summed E-state index contributed by atoms with van der Waals surface area (Å²) in [5.41, 5.74) is 1.94. The van der Waals surface area contributed by atoms with Gasteiger partial charge in [-0.3, -0.25) is 14.5 Å². The molecule has 29 heavy (non-hydrogen) atoms. The number of benzene rings is 3. The first kappa shape index (κ1) is 19.9. The zero-order valence-corrected chi connectivity index (χ0v) is 16.3. The van der Waals surface area contributed by atoms with Crippen LogP contribution in [0.3, 0.4) is 0 Å². The Morgan fingerprint density at radius 3 is 2.14 bits per heavy atom. The summed E-state index contributed by atoms with van der Waals surface area (Å²) >= 11 is 0. The molecule has 0 aromatic heterocycles. The van der Waals surface area contributed by atoms with Gasteiger partial charge in [0.25, 0.3) is 0 Å². The topological polar surface area (TPSA) is 67.9 Å². The number of hydrogen-bond acceptors (Lipinski definition) is 4. The van der Waals surface area contributed by atoms with Crippen LogP contribution < -0.4 is 19.7 Å². The Balaban J connectivity index is 1.84. The minimum absolute atomic E-state index is 0.275. The van der Waals surface area contributed by atoms with Crippen molar-refractivity contribution in [1.29, 1.82) is 0 Å². The van der Waals surface area contributed by atoms with Crippen LogP contribution in [0.4, 0.5) is 11.4 Å². The van der Waals surface area contributed by atoms with Crippen molar-refractivity contribution >= 4 is 23.2 Å². The zero-order chi connectivity index (χ0) is 20.6. The summed E-state index contributed by atoms with van der Waals surface area (Å²) < 4.78 is 10.4. The molecule has 148 valence electrons. The summed E-state index contributed by atoms with van der Waals surface area (Å²) in [5.74, 6) is -0.438. The average Bonchev–Trinajstić information content (AvgIpc) is 2.78. The Morgan fingerprint density at radius 1 is 0.862 bits per heavy atom. The molecule has 0 aliphatic rings. The van der Waals surface area contributed by atoms with E-state index in [9.17, 15) is 9.59 Å². The van der Waals surface area contributed by atoms with Crippen LogP contribution in [0.15, 0.2) is 78.9 Å².